The predicted molar refractivity (Wildman–Crippen MR) is 73.7 cm³/mol. The average Bonchev–Trinajstić information content (AvgIpc) is 2.66. The summed E-state index contributed by atoms with van der Waals surface area (Å²) in [4.78, 5) is 12.0. The second kappa shape index (κ2) is 5.67. The lowest BCUT2D eigenvalue weighted by atomic mass is 10.2. The van der Waals surface area contributed by atoms with Crippen molar-refractivity contribution in [3.05, 3.63) is 33.8 Å². The Labute approximate surface area is 122 Å². The second-order valence-electron chi connectivity index (χ2n) is 4.76. The number of ether oxygens (including phenoxy) is 2. The largest absolute Gasteiger partial charge is 0.349 e. The van der Waals surface area contributed by atoms with Crippen molar-refractivity contribution >= 4 is 29.1 Å². The molecule has 6 heteroatoms. The maximum atomic E-state index is 12.0. The quantitative estimate of drug-likeness (QED) is 0.934. The summed E-state index contributed by atoms with van der Waals surface area (Å²) >= 11 is 11.9. The van der Waals surface area contributed by atoms with Crippen LogP contribution in [0.2, 0.25) is 10.0 Å². The molecule has 4 nitrogen and oxygen atoms in total. The fraction of sp³-hybridized carbons (Fsp3) is 0.462. The molecule has 2 rings (SSSR count). The van der Waals surface area contributed by atoms with Crippen LogP contribution in [0.5, 0.6) is 0 Å². The fourth-order valence-electron chi connectivity index (χ4n) is 1.87. The average molecular weight is 304 g/mol. The Morgan fingerprint density at radius 2 is 2.05 bits per heavy atom. The predicted octanol–water partition coefficient (Wildman–Crippen LogP) is 2.87. The second-order valence-corrected chi connectivity index (χ2v) is 5.57. The zero-order chi connectivity index (χ0) is 14.0. The Bertz CT molecular complexity index is 471. The monoisotopic (exact) mass is 303 g/mol. The van der Waals surface area contributed by atoms with Crippen molar-refractivity contribution in [2.45, 2.75) is 25.7 Å². The summed E-state index contributed by atoms with van der Waals surface area (Å²) in [5.74, 6) is -0.916. The van der Waals surface area contributed by atoms with Gasteiger partial charge in [0.1, 0.15) is 6.10 Å². The minimum absolute atomic E-state index is 0.166. The van der Waals surface area contributed by atoms with Crippen LogP contribution in [0.3, 0.4) is 0 Å². The van der Waals surface area contributed by atoms with Gasteiger partial charge in [-0.05, 0) is 26.0 Å². The lowest BCUT2D eigenvalue weighted by Gasteiger charge is -2.17. The highest BCUT2D eigenvalue weighted by Crippen LogP contribution is 2.25. The lowest BCUT2D eigenvalue weighted by Crippen LogP contribution is -2.34. The molecule has 19 heavy (non-hydrogen) atoms. The van der Waals surface area contributed by atoms with Crippen LogP contribution in [0.1, 0.15) is 24.2 Å². The fourth-order valence-corrected chi connectivity index (χ4v) is 2.44. The van der Waals surface area contributed by atoms with Gasteiger partial charge in [-0.1, -0.05) is 29.3 Å². The highest BCUT2D eigenvalue weighted by atomic mass is 35.5. The first-order valence-electron chi connectivity index (χ1n) is 5.93. The van der Waals surface area contributed by atoms with Gasteiger partial charge in [-0.25, -0.2) is 0 Å². The SMILES string of the molecule is CC1(C)OCC(CNC(=O)c2c(Cl)cccc2Cl)O1. The van der Waals surface area contributed by atoms with E-state index in [1.54, 1.807) is 18.2 Å². The summed E-state index contributed by atoms with van der Waals surface area (Å²) in [5, 5.41) is 3.40. The molecule has 1 unspecified atom stereocenters. The number of rotatable bonds is 3. The van der Waals surface area contributed by atoms with E-state index in [4.69, 9.17) is 32.7 Å². The maximum Gasteiger partial charge on any atom is 0.254 e. The molecule has 1 aromatic rings. The van der Waals surface area contributed by atoms with Gasteiger partial charge in [0.2, 0.25) is 0 Å². The van der Waals surface area contributed by atoms with E-state index in [0.29, 0.717) is 23.2 Å². The van der Waals surface area contributed by atoms with Crippen LogP contribution in [-0.4, -0.2) is 30.9 Å². The van der Waals surface area contributed by atoms with Crippen LogP contribution in [0.25, 0.3) is 0 Å². The topological polar surface area (TPSA) is 47.6 Å². The number of nitrogens with one attached hydrogen (secondary N) is 1. The van der Waals surface area contributed by atoms with Crippen LogP contribution >= 0.6 is 23.2 Å². The van der Waals surface area contributed by atoms with Crippen molar-refractivity contribution in [3.63, 3.8) is 0 Å². The number of carbonyl (C=O) groups excluding carboxylic acids is 1. The molecule has 1 N–H and O–H groups in total. The molecule has 0 spiro atoms. The summed E-state index contributed by atoms with van der Waals surface area (Å²) in [6.45, 7) is 4.47. The highest BCUT2D eigenvalue weighted by Gasteiger charge is 2.32. The number of hydrogen-bond acceptors (Lipinski definition) is 3. The number of benzene rings is 1. The van der Waals surface area contributed by atoms with Crippen molar-refractivity contribution in [1.82, 2.24) is 5.32 Å². The molecule has 1 aromatic carbocycles. The van der Waals surface area contributed by atoms with Crippen molar-refractivity contribution in [1.29, 1.82) is 0 Å². The van der Waals surface area contributed by atoms with Crippen LogP contribution < -0.4 is 5.32 Å². The Kier molecular flexibility index (Phi) is 4.36. The smallest absolute Gasteiger partial charge is 0.254 e. The minimum atomic E-state index is -0.600. The number of amides is 1. The third-order valence-corrected chi connectivity index (χ3v) is 3.38. The Morgan fingerprint density at radius 3 is 2.58 bits per heavy atom. The maximum absolute atomic E-state index is 12.0. The van der Waals surface area contributed by atoms with Gasteiger partial charge in [-0.3, -0.25) is 4.79 Å². The van der Waals surface area contributed by atoms with E-state index in [-0.39, 0.29) is 17.6 Å². The molecule has 1 amide bonds. The van der Waals surface area contributed by atoms with Gasteiger partial charge in [0.05, 0.1) is 22.2 Å². The van der Waals surface area contributed by atoms with E-state index in [1.807, 2.05) is 13.8 Å². The van der Waals surface area contributed by atoms with Crippen LogP contribution in [0.4, 0.5) is 0 Å². The third kappa shape index (κ3) is 3.60. The molecule has 1 aliphatic rings. The summed E-state index contributed by atoms with van der Waals surface area (Å²) < 4.78 is 11.0. The van der Waals surface area contributed by atoms with Gasteiger partial charge >= 0.3 is 0 Å². The van der Waals surface area contributed by atoms with Crippen LogP contribution in [0.15, 0.2) is 18.2 Å². The standard InChI is InChI=1S/C13H15Cl2NO3/c1-13(2)18-7-8(19-13)6-16-12(17)11-9(14)4-3-5-10(11)15/h3-5,8H,6-7H2,1-2H3,(H,16,17). The van der Waals surface area contributed by atoms with Crippen molar-refractivity contribution in [2.24, 2.45) is 0 Å². The first-order valence-corrected chi connectivity index (χ1v) is 6.68. The van der Waals surface area contributed by atoms with Gasteiger partial charge in [0.15, 0.2) is 5.79 Å². The summed E-state index contributed by atoms with van der Waals surface area (Å²) in [5.41, 5.74) is 0.281. The van der Waals surface area contributed by atoms with Crippen molar-refractivity contribution in [2.75, 3.05) is 13.2 Å². The van der Waals surface area contributed by atoms with E-state index < -0.39 is 5.79 Å². The molecule has 1 atom stereocenters. The summed E-state index contributed by atoms with van der Waals surface area (Å²) in [7, 11) is 0. The number of halogens is 2. The first kappa shape index (κ1) is 14.6. The molecule has 0 saturated carbocycles. The molecule has 1 saturated heterocycles. The molecule has 0 aromatic heterocycles. The molecule has 0 radical (unpaired) electrons. The molecular weight excluding hydrogens is 289 g/mol. The third-order valence-electron chi connectivity index (χ3n) is 2.75. The summed E-state index contributed by atoms with van der Waals surface area (Å²) in [6.07, 6.45) is -0.166. The molecule has 0 bridgehead atoms. The van der Waals surface area contributed by atoms with Gasteiger partial charge in [0.25, 0.3) is 5.91 Å². The molecule has 1 aliphatic heterocycles. The Hall–Kier alpha value is -0.810. The van der Waals surface area contributed by atoms with Gasteiger partial charge < -0.3 is 14.8 Å². The van der Waals surface area contributed by atoms with E-state index in [9.17, 15) is 4.79 Å². The minimum Gasteiger partial charge on any atom is -0.349 e. The number of carbonyl (C=O) groups is 1. The Morgan fingerprint density at radius 1 is 1.42 bits per heavy atom. The van der Waals surface area contributed by atoms with Gasteiger partial charge in [0, 0.05) is 6.54 Å². The molecule has 0 aliphatic carbocycles. The zero-order valence-electron chi connectivity index (χ0n) is 10.7. The molecule has 104 valence electrons. The number of hydrogen-bond donors (Lipinski definition) is 1. The normalized spacial score (nSPS) is 21.4. The molecular formula is C13H15Cl2NO3. The highest BCUT2D eigenvalue weighted by molar-refractivity contribution is 6.39. The van der Waals surface area contributed by atoms with E-state index >= 15 is 0 Å². The zero-order valence-corrected chi connectivity index (χ0v) is 12.2. The Balaban J connectivity index is 1.95. The van der Waals surface area contributed by atoms with E-state index in [2.05, 4.69) is 5.32 Å². The summed E-state index contributed by atoms with van der Waals surface area (Å²) in [6, 6.07) is 4.94. The van der Waals surface area contributed by atoms with E-state index in [1.165, 1.54) is 0 Å². The molecule has 1 fully saturated rings. The first-order chi connectivity index (χ1) is 8.89. The van der Waals surface area contributed by atoms with E-state index in [0.717, 1.165) is 0 Å². The van der Waals surface area contributed by atoms with Crippen LogP contribution in [0, 0.1) is 0 Å². The van der Waals surface area contributed by atoms with Gasteiger partial charge in [-0.15, -0.1) is 0 Å². The van der Waals surface area contributed by atoms with Crippen molar-refractivity contribution in [3.8, 4) is 0 Å². The molecule has 1 heterocycles. The van der Waals surface area contributed by atoms with Crippen LogP contribution in [-0.2, 0) is 9.47 Å². The van der Waals surface area contributed by atoms with Crippen molar-refractivity contribution < 1.29 is 14.3 Å². The lowest BCUT2D eigenvalue weighted by molar-refractivity contribution is -0.137. The van der Waals surface area contributed by atoms with Gasteiger partial charge in [-0.2, -0.15) is 0 Å².